The zero-order valence-corrected chi connectivity index (χ0v) is 10.6. The van der Waals surface area contributed by atoms with E-state index in [-0.39, 0.29) is 12.4 Å². The second kappa shape index (κ2) is 5.44. The van der Waals surface area contributed by atoms with Gasteiger partial charge in [-0.3, -0.25) is 0 Å². The van der Waals surface area contributed by atoms with Crippen molar-refractivity contribution >= 4 is 41.3 Å². The van der Waals surface area contributed by atoms with E-state index >= 15 is 0 Å². The summed E-state index contributed by atoms with van der Waals surface area (Å²) in [5.41, 5.74) is 8.34. The van der Waals surface area contributed by atoms with Crippen LogP contribution in [0.1, 0.15) is 0 Å². The Hall–Kier alpha value is -0.890. The summed E-state index contributed by atoms with van der Waals surface area (Å²) >= 11 is 12.1. The van der Waals surface area contributed by atoms with Gasteiger partial charge in [-0.25, -0.2) is 0 Å². The molecular weight excluding hydrogens is 264 g/mol. The van der Waals surface area contributed by atoms with Gasteiger partial charge in [-0.1, -0.05) is 53.5 Å². The van der Waals surface area contributed by atoms with Gasteiger partial charge in [0.05, 0.1) is 10.0 Å². The van der Waals surface area contributed by atoms with E-state index in [1.54, 1.807) is 6.07 Å². The van der Waals surface area contributed by atoms with Crippen molar-refractivity contribution < 1.29 is 0 Å². The van der Waals surface area contributed by atoms with Crippen LogP contribution in [-0.2, 0) is 0 Å². The van der Waals surface area contributed by atoms with Crippen molar-refractivity contribution in [2.75, 3.05) is 5.73 Å². The van der Waals surface area contributed by atoms with Crippen LogP contribution in [0.2, 0.25) is 10.0 Å². The van der Waals surface area contributed by atoms with Gasteiger partial charge in [0.15, 0.2) is 0 Å². The molecule has 0 aliphatic carbocycles. The van der Waals surface area contributed by atoms with Crippen molar-refractivity contribution in [3.63, 3.8) is 0 Å². The number of hydrogen-bond acceptors (Lipinski definition) is 1. The smallest absolute Gasteiger partial charge is 0.0671 e. The fraction of sp³-hybridized carbons (Fsp3) is 0. The van der Waals surface area contributed by atoms with Crippen LogP contribution in [0.3, 0.4) is 0 Å². The molecule has 16 heavy (non-hydrogen) atoms. The first-order chi connectivity index (χ1) is 7.20. The largest absolute Gasteiger partial charge is 0.398 e. The van der Waals surface area contributed by atoms with Crippen molar-refractivity contribution in [1.29, 1.82) is 0 Å². The molecule has 0 radical (unpaired) electrons. The summed E-state index contributed by atoms with van der Waals surface area (Å²) in [5, 5.41) is 1.08. The molecule has 0 saturated carbocycles. The standard InChI is InChI=1S/C12H9Cl2N.ClH/c13-10-6-3-5-9(12(10)14)8-4-1-2-7-11(8)15;/h1-7H,15H2;1H. The molecule has 2 N–H and O–H groups in total. The molecule has 0 atom stereocenters. The van der Waals surface area contributed by atoms with Crippen LogP contribution in [0, 0.1) is 0 Å². The van der Waals surface area contributed by atoms with E-state index in [1.807, 2.05) is 36.4 Å². The van der Waals surface area contributed by atoms with Gasteiger partial charge >= 0.3 is 0 Å². The molecule has 0 heterocycles. The van der Waals surface area contributed by atoms with E-state index in [4.69, 9.17) is 28.9 Å². The molecule has 0 bridgehead atoms. The molecule has 1 nitrogen and oxygen atoms in total. The lowest BCUT2D eigenvalue weighted by molar-refractivity contribution is 1.61. The zero-order valence-electron chi connectivity index (χ0n) is 8.28. The SMILES string of the molecule is Cl.Nc1ccccc1-c1cccc(Cl)c1Cl. The number of hydrogen-bond donors (Lipinski definition) is 1. The summed E-state index contributed by atoms with van der Waals surface area (Å²) < 4.78 is 0. The zero-order chi connectivity index (χ0) is 10.8. The Morgan fingerprint density at radius 1 is 0.812 bits per heavy atom. The van der Waals surface area contributed by atoms with Crippen LogP contribution in [0.25, 0.3) is 11.1 Å². The molecule has 0 unspecified atom stereocenters. The summed E-state index contributed by atoms with van der Waals surface area (Å²) in [6, 6.07) is 13.1. The van der Waals surface area contributed by atoms with Crippen molar-refractivity contribution in [1.82, 2.24) is 0 Å². The van der Waals surface area contributed by atoms with Gasteiger partial charge in [0.2, 0.25) is 0 Å². The van der Waals surface area contributed by atoms with Crippen molar-refractivity contribution in [3.05, 3.63) is 52.5 Å². The molecule has 0 spiro atoms. The lowest BCUT2D eigenvalue weighted by atomic mass is 10.0. The number of halogens is 3. The van der Waals surface area contributed by atoms with Crippen LogP contribution in [-0.4, -0.2) is 0 Å². The average molecular weight is 275 g/mol. The summed E-state index contributed by atoms with van der Waals surface area (Å²) in [7, 11) is 0. The molecule has 4 heteroatoms. The maximum Gasteiger partial charge on any atom is 0.0671 e. The molecule has 0 aliphatic heterocycles. The first-order valence-corrected chi connectivity index (χ1v) is 5.24. The number of benzene rings is 2. The molecule has 2 rings (SSSR count). The van der Waals surface area contributed by atoms with Crippen molar-refractivity contribution in [2.24, 2.45) is 0 Å². The van der Waals surface area contributed by atoms with E-state index in [0.29, 0.717) is 15.7 Å². The predicted octanol–water partition coefficient (Wildman–Crippen LogP) is 4.66. The summed E-state index contributed by atoms with van der Waals surface area (Å²) in [4.78, 5) is 0. The van der Waals surface area contributed by atoms with E-state index < -0.39 is 0 Å². The monoisotopic (exact) mass is 273 g/mol. The maximum absolute atomic E-state index is 6.11. The molecule has 0 amide bonds. The molecule has 0 aliphatic rings. The van der Waals surface area contributed by atoms with Gasteiger partial charge in [0.25, 0.3) is 0 Å². The number of nitrogens with two attached hydrogens (primary N) is 1. The highest BCUT2D eigenvalue weighted by molar-refractivity contribution is 6.43. The predicted molar refractivity (Wildman–Crippen MR) is 73.6 cm³/mol. The fourth-order valence-electron chi connectivity index (χ4n) is 1.45. The highest BCUT2D eigenvalue weighted by atomic mass is 35.5. The summed E-state index contributed by atoms with van der Waals surface area (Å²) in [6.07, 6.45) is 0. The molecule has 2 aromatic carbocycles. The topological polar surface area (TPSA) is 26.0 Å². The van der Waals surface area contributed by atoms with Gasteiger partial charge < -0.3 is 5.73 Å². The Bertz CT molecular complexity index is 497. The van der Waals surface area contributed by atoms with Gasteiger partial charge in [-0.2, -0.15) is 0 Å². The quantitative estimate of drug-likeness (QED) is 0.752. The van der Waals surface area contributed by atoms with Crippen LogP contribution < -0.4 is 5.73 Å². The summed E-state index contributed by atoms with van der Waals surface area (Å²) in [5.74, 6) is 0. The Morgan fingerprint density at radius 2 is 1.44 bits per heavy atom. The van der Waals surface area contributed by atoms with Gasteiger partial charge in [0.1, 0.15) is 0 Å². The molecule has 84 valence electrons. The Labute approximate surface area is 111 Å². The van der Waals surface area contributed by atoms with Crippen molar-refractivity contribution in [3.8, 4) is 11.1 Å². The normalized spacial score (nSPS) is 9.62. The van der Waals surface area contributed by atoms with Crippen LogP contribution in [0.15, 0.2) is 42.5 Å². The number of rotatable bonds is 1. The van der Waals surface area contributed by atoms with Gasteiger partial charge in [-0.15, -0.1) is 12.4 Å². The number of nitrogen functional groups attached to an aromatic ring is 1. The second-order valence-corrected chi connectivity index (χ2v) is 3.97. The van der Waals surface area contributed by atoms with Crippen LogP contribution in [0.5, 0.6) is 0 Å². The molecule has 2 aromatic rings. The lowest BCUT2D eigenvalue weighted by Gasteiger charge is -2.08. The van der Waals surface area contributed by atoms with E-state index in [2.05, 4.69) is 0 Å². The third-order valence-electron chi connectivity index (χ3n) is 2.20. The number of para-hydroxylation sites is 1. The van der Waals surface area contributed by atoms with Gasteiger partial charge in [0, 0.05) is 16.8 Å². The average Bonchev–Trinajstić information content (AvgIpc) is 2.23. The second-order valence-electron chi connectivity index (χ2n) is 3.19. The molecular formula is C12H10Cl3N. The Kier molecular flexibility index (Phi) is 4.48. The third kappa shape index (κ3) is 2.43. The van der Waals surface area contributed by atoms with E-state index in [9.17, 15) is 0 Å². The lowest BCUT2D eigenvalue weighted by Crippen LogP contribution is -1.89. The minimum atomic E-state index is 0. The van der Waals surface area contributed by atoms with Crippen LogP contribution in [0.4, 0.5) is 5.69 Å². The van der Waals surface area contributed by atoms with Crippen LogP contribution >= 0.6 is 35.6 Å². The maximum atomic E-state index is 6.11. The third-order valence-corrected chi connectivity index (χ3v) is 3.02. The molecule has 0 fully saturated rings. The molecule has 0 saturated heterocycles. The minimum Gasteiger partial charge on any atom is -0.398 e. The highest BCUT2D eigenvalue weighted by Crippen LogP contribution is 2.35. The Morgan fingerprint density at radius 3 is 2.12 bits per heavy atom. The summed E-state index contributed by atoms with van der Waals surface area (Å²) in [6.45, 7) is 0. The Balaban J connectivity index is 0.00000128. The van der Waals surface area contributed by atoms with E-state index in [0.717, 1.165) is 11.1 Å². The van der Waals surface area contributed by atoms with E-state index in [1.165, 1.54) is 0 Å². The van der Waals surface area contributed by atoms with Crippen molar-refractivity contribution in [2.45, 2.75) is 0 Å². The van der Waals surface area contributed by atoms with Gasteiger partial charge in [-0.05, 0) is 12.1 Å². The first-order valence-electron chi connectivity index (χ1n) is 4.49. The fourth-order valence-corrected chi connectivity index (χ4v) is 1.86. The highest BCUT2D eigenvalue weighted by Gasteiger charge is 2.08. The molecule has 0 aromatic heterocycles. The first kappa shape index (κ1) is 13.2. The number of anilines is 1. The minimum absolute atomic E-state index is 0.